The molecule has 0 N–H and O–H groups in total. The number of rotatable bonds is 3. The maximum Gasteiger partial charge on any atom is 0.267 e. The summed E-state index contributed by atoms with van der Waals surface area (Å²) in [5, 5.41) is 5.14. The number of thiophene rings is 1. The summed E-state index contributed by atoms with van der Waals surface area (Å²) in [6.07, 6.45) is 0. The zero-order valence-electron chi connectivity index (χ0n) is 11.4. The number of aryl methyl sites for hydroxylation is 1. The van der Waals surface area contributed by atoms with Crippen LogP contribution in [0.4, 0.5) is 0 Å². The van der Waals surface area contributed by atoms with Gasteiger partial charge in [0.05, 0.1) is 11.4 Å². The fraction of sp³-hybridized carbons (Fsp3) is 0.125. The van der Waals surface area contributed by atoms with Crippen LogP contribution in [0.15, 0.2) is 53.3 Å². The van der Waals surface area contributed by atoms with Crippen LogP contribution in [-0.4, -0.2) is 9.78 Å². The zero-order chi connectivity index (χ0) is 14.8. The molecule has 0 fully saturated rings. The molecule has 0 spiro atoms. The van der Waals surface area contributed by atoms with Crippen molar-refractivity contribution in [2.45, 2.75) is 13.5 Å². The Labute approximate surface area is 131 Å². The lowest BCUT2D eigenvalue weighted by Gasteiger charge is -2.06. The number of aromatic nitrogens is 2. The third-order valence-corrected chi connectivity index (χ3v) is 4.38. The Bertz CT molecular complexity index is 821. The van der Waals surface area contributed by atoms with Crippen LogP contribution in [0.5, 0.6) is 0 Å². The molecule has 0 aliphatic heterocycles. The van der Waals surface area contributed by atoms with E-state index in [1.807, 2.05) is 30.3 Å². The average molecular weight is 317 g/mol. The quantitative estimate of drug-likeness (QED) is 0.732. The molecule has 0 aliphatic rings. The number of hydrogen-bond acceptors (Lipinski definition) is 3. The number of benzene rings is 1. The highest BCUT2D eigenvalue weighted by Gasteiger charge is 2.06. The molecule has 106 valence electrons. The van der Waals surface area contributed by atoms with E-state index in [1.165, 1.54) is 9.56 Å². The normalized spacial score (nSPS) is 10.8. The van der Waals surface area contributed by atoms with Gasteiger partial charge in [0.1, 0.15) is 5.69 Å². The van der Waals surface area contributed by atoms with E-state index in [4.69, 9.17) is 11.6 Å². The first-order valence-corrected chi connectivity index (χ1v) is 7.71. The minimum Gasteiger partial charge on any atom is -0.268 e. The lowest BCUT2D eigenvalue weighted by Crippen LogP contribution is -2.22. The van der Waals surface area contributed by atoms with Gasteiger partial charge in [0.15, 0.2) is 0 Å². The Morgan fingerprint density at radius 3 is 2.52 bits per heavy atom. The second-order valence-corrected chi connectivity index (χ2v) is 6.48. The summed E-state index contributed by atoms with van der Waals surface area (Å²) in [6.45, 7) is 2.49. The van der Waals surface area contributed by atoms with Crippen molar-refractivity contribution in [1.82, 2.24) is 9.78 Å². The predicted octanol–water partition coefficient (Wildman–Crippen LogP) is 3.98. The fourth-order valence-corrected chi connectivity index (χ4v) is 2.99. The molecule has 0 radical (unpaired) electrons. The summed E-state index contributed by atoms with van der Waals surface area (Å²) < 4.78 is 1.48. The van der Waals surface area contributed by atoms with Gasteiger partial charge in [0.2, 0.25) is 0 Å². The molecule has 0 unspecified atom stereocenters. The van der Waals surface area contributed by atoms with E-state index in [0.29, 0.717) is 11.6 Å². The Morgan fingerprint density at radius 1 is 1.10 bits per heavy atom. The van der Waals surface area contributed by atoms with Gasteiger partial charge >= 0.3 is 0 Å². The van der Waals surface area contributed by atoms with Crippen molar-refractivity contribution in [1.29, 1.82) is 0 Å². The van der Waals surface area contributed by atoms with Gasteiger partial charge in [-0.2, -0.15) is 5.10 Å². The Kier molecular flexibility index (Phi) is 3.90. The van der Waals surface area contributed by atoms with Crippen LogP contribution in [-0.2, 0) is 6.54 Å². The van der Waals surface area contributed by atoms with Crippen LogP contribution in [0.25, 0.3) is 10.6 Å². The standard InChI is InChI=1S/C16H13ClN2OS/c1-11-2-8-15(21-11)14-7-9-16(20)19(18-14)10-12-3-5-13(17)6-4-12/h2-9H,10H2,1H3. The van der Waals surface area contributed by atoms with Crippen molar-refractivity contribution in [3.63, 3.8) is 0 Å². The Balaban J connectivity index is 1.94. The first kappa shape index (κ1) is 14.0. The van der Waals surface area contributed by atoms with Gasteiger partial charge in [-0.25, -0.2) is 4.68 Å². The monoisotopic (exact) mass is 316 g/mol. The van der Waals surface area contributed by atoms with Crippen molar-refractivity contribution in [2.75, 3.05) is 0 Å². The molecule has 0 aliphatic carbocycles. The molecule has 0 amide bonds. The number of hydrogen-bond donors (Lipinski definition) is 0. The highest BCUT2D eigenvalue weighted by atomic mass is 35.5. The molecule has 5 heteroatoms. The van der Waals surface area contributed by atoms with Crippen LogP contribution in [0.3, 0.4) is 0 Å². The highest BCUT2D eigenvalue weighted by Crippen LogP contribution is 2.25. The molecule has 0 saturated carbocycles. The summed E-state index contributed by atoms with van der Waals surface area (Å²) >= 11 is 7.54. The van der Waals surface area contributed by atoms with E-state index in [-0.39, 0.29) is 5.56 Å². The van der Waals surface area contributed by atoms with Gasteiger partial charge in [-0.3, -0.25) is 4.79 Å². The smallest absolute Gasteiger partial charge is 0.267 e. The van der Waals surface area contributed by atoms with Crippen LogP contribution in [0.2, 0.25) is 5.02 Å². The van der Waals surface area contributed by atoms with Gasteiger partial charge in [0.25, 0.3) is 5.56 Å². The predicted molar refractivity (Wildman–Crippen MR) is 87.1 cm³/mol. The molecular weight excluding hydrogens is 304 g/mol. The Hall–Kier alpha value is -1.91. The minimum absolute atomic E-state index is 0.109. The van der Waals surface area contributed by atoms with Crippen LogP contribution in [0.1, 0.15) is 10.4 Å². The lowest BCUT2D eigenvalue weighted by atomic mass is 10.2. The van der Waals surface area contributed by atoms with Gasteiger partial charge < -0.3 is 0 Å². The number of nitrogens with zero attached hydrogens (tertiary/aromatic N) is 2. The Morgan fingerprint density at radius 2 is 1.86 bits per heavy atom. The van der Waals surface area contributed by atoms with E-state index in [0.717, 1.165) is 16.1 Å². The molecule has 3 rings (SSSR count). The third kappa shape index (κ3) is 3.23. The minimum atomic E-state index is -0.109. The van der Waals surface area contributed by atoms with Crippen LogP contribution in [0, 0.1) is 6.92 Å². The SMILES string of the molecule is Cc1ccc(-c2ccc(=O)n(Cc3ccc(Cl)cc3)n2)s1. The first-order chi connectivity index (χ1) is 10.1. The van der Waals surface area contributed by atoms with E-state index in [1.54, 1.807) is 23.5 Å². The maximum atomic E-state index is 12.0. The molecule has 2 aromatic heterocycles. The second-order valence-electron chi connectivity index (χ2n) is 4.75. The molecule has 3 nitrogen and oxygen atoms in total. The summed E-state index contributed by atoms with van der Waals surface area (Å²) in [7, 11) is 0. The topological polar surface area (TPSA) is 34.9 Å². The molecule has 0 saturated heterocycles. The fourth-order valence-electron chi connectivity index (χ4n) is 2.03. The van der Waals surface area contributed by atoms with E-state index in [2.05, 4.69) is 18.1 Å². The van der Waals surface area contributed by atoms with Crippen LogP contribution < -0.4 is 5.56 Å². The van der Waals surface area contributed by atoms with E-state index >= 15 is 0 Å². The molecule has 21 heavy (non-hydrogen) atoms. The van der Waals surface area contributed by atoms with E-state index < -0.39 is 0 Å². The third-order valence-electron chi connectivity index (χ3n) is 3.11. The zero-order valence-corrected chi connectivity index (χ0v) is 13.0. The van der Waals surface area contributed by atoms with Crippen molar-refractivity contribution in [3.05, 3.63) is 74.3 Å². The summed E-state index contributed by atoms with van der Waals surface area (Å²) in [6, 6.07) is 14.8. The molecule has 1 aromatic carbocycles. The van der Waals surface area contributed by atoms with Crippen LogP contribution >= 0.6 is 22.9 Å². The maximum absolute atomic E-state index is 12.0. The summed E-state index contributed by atoms with van der Waals surface area (Å²) in [5.41, 5.74) is 1.71. The van der Waals surface area contributed by atoms with Gasteiger partial charge in [-0.1, -0.05) is 23.7 Å². The summed E-state index contributed by atoms with van der Waals surface area (Å²) in [5.74, 6) is 0. The lowest BCUT2D eigenvalue weighted by molar-refractivity contribution is 0.643. The van der Waals surface area contributed by atoms with E-state index in [9.17, 15) is 4.79 Å². The number of halogens is 1. The van der Waals surface area contributed by atoms with Gasteiger partial charge in [0, 0.05) is 16.0 Å². The molecule has 0 bridgehead atoms. The second kappa shape index (κ2) is 5.84. The molecule has 3 aromatic rings. The molecular formula is C16H13ClN2OS. The van der Waals surface area contributed by atoms with Crippen molar-refractivity contribution in [2.24, 2.45) is 0 Å². The first-order valence-electron chi connectivity index (χ1n) is 6.51. The molecule has 2 heterocycles. The van der Waals surface area contributed by atoms with Crippen molar-refractivity contribution in [3.8, 4) is 10.6 Å². The largest absolute Gasteiger partial charge is 0.268 e. The summed E-state index contributed by atoms with van der Waals surface area (Å²) in [4.78, 5) is 14.2. The van der Waals surface area contributed by atoms with Gasteiger partial charge in [-0.15, -0.1) is 11.3 Å². The van der Waals surface area contributed by atoms with Crippen molar-refractivity contribution < 1.29 is 0 Å². The van der Waals surface area contributed by atoms with Gasteiger partial charge in [-0.05, 0) is 42.8 Å². The van der Waals surface area contributed by atoms with Crippen molar-refractivity contribution >= 4 is 22.9 Å². The average Bonchev–Trinajstić information content (AvgIpc) is 2.90. The highest BCUT2D eigenvalue weighted by molar-refractivity contribution is 7.15. The molecule has 0 atom stereocenters.